The van der Waals surface area contributed by atoms with E-state index in [0.717, 1.165) is 49.9 Å². The van der Waals surface area contributed by atoms with Gasteiger partial charge in [0.1, 0.15) is 5.82 Å². The van der Waals surface area contributed by atoms with Gasteiger partial charge in [0.2, 0.25) is 0 Å². The van der Waals surface area contributed by atoms with Gasteiger partial charge in [0, 0.05) is 25.1 Å². The van der Waals surface area contributed by atoms with Gasteiger partial charge in [-0.1, -0.05) is 50.6 Å². The lowest BCUT2D eigenvalue weighted by atomic mass is 10.1. The van der Waals surface area contributed by atoms with Crippen molar-refractivity contribution in [1.29, 1.82) is 0 Å². The number of carbonyl (C=O) groups is 1. The van der Waals surface area contributed by atoms with Crippen molar-refractivity contribution in [2.45, 2.75) is 52.5 Å². The van der Waals surface area contributed by atoms with Crippen molar-refractivity contribution in [3.8, 4) is 0 Å². The van der Waals surface area contributed by atoms with Gasteiger partial charge in [-0.3, -0.25) is 4.79 Å². The molecule has 0 aliphatic rings. The Morgan fingerprint density at radius 3 is 2.54 bits per heavy atom. The van der Waals surface area contributed by atoms with Crippen molar-refractivity contribution in [3.63, 3.8) is 0 Å². The third-order valence-corrected chi connectivity index (χ3v) is 5.06. The van der Waals surface area contributed by atoms with Gasteiger partial charge in [-0.25, -0.2) is 4.98 Å². The molecule has 3 aromatic rings. The second kappa shape index (κ2) is 10.1. The lowest BCUT2D eigenvalue weighted by Gasteiger charge is -2.11. The number of aromatic nitrogens is 2. The topological polar surface area (TPSA) is 46.9 Å². The molecule has 4 nitrogen and oxygen atoms in total. The minimum atomic E-state index is 0.0103. The summed E-state index contributed by atoms with van der Waals surface area (Å²) in [6.45, 7) is 6.28. The Balaban J connectivity index is 1.47. The lowest BCUT2D eigenvalue weighted by Crippen LogP contribution is -2.24. The van der Waals surface area contributed by atoms with E-state index in [0.29, 0.717) is 5.92 Å². The van der Waals surface area contributed by atoms with Gasteiger partial charge in [-0.15, -0.1) is 0 Å². The number of amides is 1. The first-order valence-electron chi connectivity index (χ1n) is 10.4. The Labute approximate surface area is 168 Å². The van der Waals surface area contributed by atoms with Crippen LogP contribution in [-0.4, -0.2) is 22.0 Å². The summed E-state index contributed by atoms with van der Waals surface area (Å²) in [6.07, 6.45) is 5.32. The number of carbonyl (C=O) groups excluding carboxylic acids is 1. The van der Waals surface area contributed by atoms with Gasteiger partial charge in [-0.2, -0.15) is 0 Å². The minimum Gasteiger partial charge on any atom is -0.352 e. The smallest absolute Gasteiger partial charge is 0.251 e. The summed E-state index contributed by atoms with van der Waals surface area (Å²) in [5.74, 6) is 1.88. The highest BCUT2D eigenvalue weighted by Gasteiger charge is 2.10. The van der Waals surface area contributed by atoms with E-state index in [2.05, 4.69) is 48.0 Å². The van der Waals surface area contributed by atoms with Crippen LogP contribution in [0.2, 0.25) is 0 Å². The average molecular weight is 378 g/mol. The Morgan fingerprint density at radius 2 is 1.75 bits per heavy atom. The van der Waals surface area contributed by atoms with Crippen molar-refractivity contribution in [2.24, 2.45) is 5.92 Å². The van der Waals surface area contributed by atoms with Crippen LogP contribution in [0.4, 0.5) is 0 Å². The van der Waals surface area contributed by atoms with Gasteiger partial charge in [0.15, 0.2) is 0 Å². The van der Waals surface area contributed by atoms with E-state index in [4.69, 9.17) is 4.98 Å². The molecular weight excluding hydrogens is 346 g/mol. The Bertz CT molecular complexity index is 883. The van der Waals surface area contributed by atoms with Crippen molar-refractivity contribution >= 4 is 16.9 Å². The third-order valence-electron chi connectivity index (χ3n) is 5.06. The zero-order chi connectivity index (χ0) is 19.8. The number of aryl methyl sites for hydroxylation is 2. The van der Waals surface area contributed by atoms with E-state index >= 15 is 0 Å². The lowest BCUT2D eigenvalue weighted by molar-refractivity contribution is 0.0953. The number of hydrogen-bond acceptors (Lipinski definition) is 2. The van der Waals surface area contributed by atoms with E-state index in [1.165, 1.54) is 17.8 Å². The monoisotopic (exact) mass is 377 g/mol. The molecule has 0 saturated carbocycles. The number of para-hydroxylation sites is 2. The minimum absolute atomic E-state index is 0.0103. The van der Waals surface area contributed by atoms with Crippen LogP contribution in [-0.2, 0) is 13.0 Å². The van der Waals surface area contributed by atoms with Crippen molar-refractivity contribution in [2.75, 3.05) is 6.54 Å². The van der Waals surface area contributed by atoms with E-state index < -0.39 is 0 Å². The Morgan fingerprint density at radius 1 is 1.00 bits per heavy atom. The second-order valence-electron chi connectivity index (χ2n) is 7.78. The van der Waals surface area contributed by atoms with Crippen LogP contribution in [0.25, 0.3) is 11.0 Å². The number of fused-ring (bicyclic) bond motifs is 1. The number of rotatable bonds is 10. The van der Waals surface area contributed by atoms with Crippen molar-refractivity contribution in [1.82, 2.24) is 14.9 Å². The predicted molar refractivity (Wildman–Crippen MR) is 116 cm³/mol. The molecule has 1 amide bonds. The molecule has 0 aliphatic carbocycles. The maximum Gasteiger partial charge on any atom is 0.251 e. The van der Waals surface area contributed by atoms with Crippen LogP contribution in [0.5, 0.6) is 0 Å². The summed E-state index contributed by atoms with van der Waals surface area (Å²) in [5.41, 5.74) is 3.06. The fraction of sp³-hybridized carbons (Fsp3) is 0.417. The zero-order valence-electron chi connectivity index (χ0n) is 17.0. The van der Waals surface area contributed by atoms with Crippen molar-refractivity contribution < 1.29 is 4.79 Å². The fourth-order valence-electron chi connectivity index (χ4n) is 3.43. The molecule has 148 valence electrons. The molecule has 0 radical (unpaired) electrons. The second-order valence-corrected chi connectivity index (χ2v) is 7.78. The zero-order valence-corrected chi connectivity index (χ0v) is 17.0. The molecule has 3 rings (SSSR count). The van der Waals surface area contributed by atoms with Crippen LogP contribution < -0.4 is 5.32 Å². The van der Waals surface area contributed by atoms with Gasteiger partial charge in [0.05, 0.1) is 11.0 Å². The number of nitrogens with zero attached hydrogens (tertiary/aromatic N) is 2. The average Bonchev–Trinajstić information content (AvgIpc) is 3.06. The number of nitrogens with one attached hydrogen (secondary N) is 1. The number of hydrogen-bond donors (Lipinski definition) is 1. The molecule has 28 heavy (non-hydrogen) atoms. The summed E-state index contributed by atoms with van der Waals surface area (Å²) in [4.78, 5) is 16.9. The highest BCUT2D eigenvalue weighted by molar-refractivity contribution is 5.94. The summed E-state index contributed by atoms with van der Waals surface area (Å²) >= 11 is 0. The van der Waals surface area contributed by atoms with E-state index in [1.807, 2.05) is 30.3 Å². The molecule has 0 atom stereocenters. The maximum absolute atomic E-state index is 12.0. The van der Waals surface area contributed by atoms with Crippen molar-refractivity contribution in [3.05, 3.63) is 66.0 Å². The first-order chi connectivity index (χ1) is 13.6. The molecule has 1 heterocycles. The molecule has 0 spiro atoms. The molecule has 1 aromatic heterocycles. The molecule has 0 unspecified atom stereocenters. The highest BCUT2D eigenvalue weighted by Crippen LogP contribution is 2.19. The molecular formula is C24H31N3O. The predicted octanol–water partition coefficient (Wildman–Crippen LogP) is 5.23. The van der Waals surface area contributed by atoms with E-state index in [-0.39, 0.29) is 5.91 Å². The van der Waals surface area contributed by atoms with E-state index in [9.17, 15) is 4.79 Å². The third kappa shape index (κ3) is 5.44. The molecule has 0 saturated heterocycles. The molecule has 0 aliphatic heterocycles. The SMILES string of the molecule is CC(C)CCn1c(CCCCCNC(=O)c2ccccc2)nc2ccccc21. The standard InChI is InChI=1S/C24H31N3O/c1-19(2)16-18-27-22-14-9-8-13-21(22)26-23(27)15-7-4-10-17-25-24(28)20-11-5-3-6-12-20/h3,5-6,8-9,11-14,19H,4,7,10,15-18H2,1-2H3,(H,25,28). The van der Waals surface area contributed by atoms with Gasteiger partial charge in [0.25, 0.3) is 5.91 Å². The van der Waals surface area contributed by atoms with Crippen LogP contribution in [0.15, 0.2) is 54.6 Å². The Hall–Kier alpha value is -2.62. The summed E-state index contributed by atoms with van der Waals surface area (Å²) in [7, 11) is 0. The molecule has 2 aromatic carbocycles. The molecule has 0 fully saturated rings. The van der Waals surface area contributed by atoms with Crippen LogP contribution >= 0.6 is 0 Å². The summed E-state index contributed by atoms with van der Waals surface area (Å²) < 4.78 is 2.40. The van der Waals surface area contributed by atoms with Gasteiger partial charge in [-0.05, 0) is 49.4 Å². The summed E-state index contributed by atoms with van der Waals surface area (Å²) in [6, 6.07) is 17.8. The number of imidazole rings is 1. The van der Waals surface area contributed by atoms with Crippen LogP contribution in [0.1, 0.15) is 55.7 Å². The first-order valence-corrected chi connectivity index (χ1v) is 10.4. The van der Waals surface area contributed by atoms with Crippen LogP contribution in [0.3, 0.4) is 0 Å². The first kappa shape index (κ1) is 20.1. The van der Waals surface area contributed by atoms with E-state index in [1.54, 1.807) is 0 Å². The molecule has 1 N–H and O–H groups in total. The Kier molecular flexibility index (Phi) is 7.24. The normalized spacial score (nSPS) is 11.2. The highest BCUT2D eigenvalue weighted by atomic mass is 16.1. The largest absolute Gasteiger partial charge is 0.352 e. The van der Waals surface area contributed by atoms with Gasteiger partial charge < -0.3 is 9.88 Å². The number of unbranched alkanes of at least 4 members (excludes halogenated alkanes) is 2. The molecule has 0 bridgehead atoms. The maximum atomic E-state index is 12.0. The quantitative estimate of drug-likeness (QED) is 0.492. The van der Waals surface area contributed by atoms with Gasteiger partial charge >= 0.3 is 0 Å². The number of benzene rings is 2. The van der Waals surface area contributed by atoms with Crippen LogP contribution in [0, 0.1) is 5.92 Å². The summed E-state index contributed by atoms with van der Waals surface area (Å²) in [5, 5.41) is 3.00. The molecule has 4 heteroatoms. The fourth-order valence-corrected chi connectivity index (χ4v) is 3.43.